The summed E-state index contributed by atoms with van der Waals surface area (Å²) in [7, 11) is 2.16. The van der Waals surface area contributed by atoms with Crippen molar-refractivity contribution in [3.63, 3.8) is 0 Å². The zero-order chi connectivity index (χ0) is 15.1. The van der Waals surface area contributed by atoms with Crippen LogP contribution in [0.2, 0.25) is 0 Å². The average molecular weight is 303 g/mol. The molecule has 22 heavy (non-hydrogen) atoms. The smallest absolute Gasteiger partial charge is 0.0805 e. The number of thioether (sulfide) groups is 1. The molecule has 1 aliphatic heterocycles. The molecule has 0 amide bonds. The predicted octanol–water partition coefficient (Wildman–Crippen LogP) is 5.69. The first-order valence-corrected chi connectivity index (χ1v) is 8.26. The summed E-state index contributed by atoms with van der Waals surface area (Å²) in [5.41, 5.74) is 3.91. The van der Waals surface area contributed by atoms with Crippen LogP contribution in [-0.4, -0.2) is 7.05 Å². The Hall–Kier alpha value is -2.19. The van der Waals surface area contributed by atoms with E-state index in [2.05, 4.69) is 85.6 Å². The first kappa shape index (κ1) is 13.5. The van der Waals surface area contributed by atoms with Gasteiger partial charge in [0.15, 0.2) is 0 Å². The van der Waals surface area contributed by atoms with Crippen molar-refractivity contribution in [1.82, 2.24) is 0 Å². The van der Waals surface area contributed by atoms with Crippen LogP contribution in [0.3, 0.4) is 0 Å². The molecule has 0 bridgehead atoms. The largest absolute Gasteiger partial charge is 0.338 e. The molecule has 0 unspecified atom stereocenters. The molecule has 108 valence electrons. The fraction of sp³-hybridized carbons (Fsp3) is 0.100. The number of aryl methyl sites for hydroxylation is 1. The Morgan fingerprint density at radius 3 is 2.50 bits per heavy atom. The van der Waals surface area contributed by atoms with Crippen LogP contribution in [0, 0.1) is 6.92 Å². The maximum absolute atomic E-state index is 2.31. The quantitative estimate of drug-likeness (QED) is 0.568. The molecule has 0 aromatic heterocycles. The van der Waals surface area contributed by atoms with Gasteiger partial charge in [-0.25, -0.2) is 0 Å². The lowest BCUT2D eigenvalue weighted by atomic mass is 10.1. The van der Waals surface area contributed by atoms with Crippen LogP contribution in [0.1, 0.15) is 11.1 Å². The summed E-state index contributed by atoms with van der Waals surface area (Å²) < 4.78 is 0. The molecule has 0 saturated carbocycles. The third kappa shape index (κ3) is 2.11. The van der Waals surface area contributed by atoms with Crippen molar-refractivity contribution < 1.29 is 0 Å². The second-order valence-corrected chi connectivity index (χ2v) is 6.68. The molecule has 1 nitrogen and oxygen atoms in total. The van der Waals surface area contributed by atoms with Gasteiger partial charge < -0.3 is 4.90 Å². The van der Waals surface area contributed by atoms with Crippen molar-refractivity contribution in [2.75, 3.05) is 11.9 Å². The highest BCUT2D eigenvalue weighted by Gasteiger charge is 2.25. The average Bonchev–Trinajstić information content (AvgIpc) is 2.86. The van der Waals surface area contributed by atoms with E-state index in [0.717, 1.165) is 0 Å². The Labute approximate surface area is 135 Å². The van der Waals surface area contributed by atoms with Crippen LogP contribution < -0.4 is 4.90 Å². The summed E-state index contributed by atoms with van der Waals surface area (Å²) in [5, 5.41) is 3.94. The Bertz CT molecular complexity index is 881. The SMILES string of the molecule is Cc1cc2ccccc2c2c1N(C)C(=Cc1ccccc1)S2. The molecule has 0 spiro atoms. The molecular weight excluding hydrogens is 286 g/mol. The lowest BCUT2D eigenvalue weighted by molar-refractivity contribution is 1.17. The standard InChI is InChI=1S/C20H17NS/c1-14-12-16-10-6-7-11-17(16)20-19(14)21(2)18(22-20)13-15-8-4-3-5-9-15/h3-13H,1-2H3. The van der Waals surface area contributed by atoms with Crippen molar-refractivity contribution in [1.29, 1.82) is 0 Å². The Morgan fingerprint density at radius 1 is 0.955 bits per heavy atom. The van der Waals surface area contributed by atoms with E-state index in [4.69, 9.17) is 0 Å². The number of hydrogen-bond acceptors (Lipinski definition) is 2. The van der Waals surface area contributed by atoms with E-state index >= 15 is 0 Å². The van der Waals surface area contributed by atoms with E-state index in [1.165, 1.54) is 37.5 Å². The van der Waals surface area contributed by atoms with E-state index < -0.39 is 0 Å². The second-order valence-electron chi connectivity index (χ2n) is 5.65. The second kappa shape index (κ2) is 5.22. The summed E-state index contributed by atoms with van der Waals surface area (Å²) in [5.74, 6) is 0. The minimum absolute atomic E-state index is 1.24. The molecule has 0 fully saturated rings. The molecule has 0 atom stereocenters. The summed E-state index contributed by atoms with van der Waals surface area (Å²) in [6.07, 6.45) is 2.26. The third-order valence-electron chi connectivity index (χ3n) is 4.13. The molecule has 3 aromatic rings. The van der Waals surface area contributed by atoms with Gasteiger partial charge >= 0.3 is 0 Å². The minimum atomic E-state index is 1.24. The van der Waals surface area contributed by atoms with Gasteiger partial charge in [-0.1, -0.05) is 66.4 Å². The van der Waals surface area contributed by atoms with Crippen LogP contribution in [0.5, 0.6) is 0 Å². The molecule has 0 radical (unpaired) electrons. The van der Waals surface area contributed by atoms with Gasteiger partial charge in [-0.2, -0.15) is 0 Å². The molecule has 0 aliphatic carbocycles. The van der Waals surface area contributed by atoms with Crippen molar-refractivity contribution >= 4 is 34.3 Å². The highest BCUT2D eigenvalue weighted by molar-refractivity contribution is 8.04. The van der Waals surface area contributed by atoms with Gasteiger partial charge in [0.05, 0.1) is 10.7 Å². The minimum Gasteiger partial charge on any atom is -0.338 e. The summed E-state index contributed by atoms with van der Waals surface area (Å²) in [6.45, 7) is 2.20. The summed E-state index contributed by atoms with van der Waals surface area (Å²) in [6, 6.07) is 21.5. The highest BCUT2D eigenvalue weighted by atomic mass is 32.2. The summed E-state index contributed by atoms with van der Waals surface area (Å²) in [4.78, 5) is 3.69. The molecular formula is C20H17NS. The zero-order valence-corrected chi connectivity index (χ0v) is 13.5. The van der Waals surface area contributed by atoms with Crippen LogP contribution in [0.25, 0.3) is 16.8 Å². The number of fused-ring (bicyclic) bond motifs is 3. The van der Waals surface area contributed by atoms with E-state index in [-0.39, 0.29) is 0 Å². The van der Waals surface area contributed by atoms with Gasteiger partial charge in [0.25, 0.3) is 0 Å². The highest BCUT2D eigenvalue weighted by Crippen LogP contribution is 2.50. The molecule has 0 saturated heterocycles. The maximum Gasteiger partial charge on any atom is 0.0805 e. The van der Waals surface area contributed by atoms with Crippen molar-refractivity contribution in [2.24, 2.45) is 0 Å². The van der Waals surface area contributed by atoms with Crippen molar-refractivity contribution in [3.05, 3.63) is 76.8 Å². The van der Waals surface area contributed by atoms with Crippen LogP contribution in [0.15, 0.2) is 70.6 Å². The summed E-state index contributed by atoms with van der Waals surface area (Å²) >= 11 is 1.87. The molecule has 1 aliphatic rings. The number of benzene rings is 3. The van der Waals surface area contributed by atoms with Crippen molar-refractivity contribution in [2.45, 2.75) is 11.8 Å². The van der Waals surface area contributed by atoms with Crippen molar-refractivity contribution in [3.8, 4) is 0 Å². The zero-order valence-electron chi connectivity index (χ0n) is 12.7. The van der Waals surface area contributed by atoms with Gasteiger partial charge in [0, 0.05) is 11.9 Å². The number of hydrogen-bond donors (Lipinski definition) is 0. The molecule has 4 rings (SSSR count). The van der Waals surface area contributed by atoms with Gasteiger partial charge in [-0.15, -0.1) is 0 Å². The van der Waals surface area contributed by atoms with E-state index in [1.54, 1.807) is 0 Å². The third-order valence-corrected chi connectivity index (χ3v) is 5.35. The Morgan fingerprint density at radius 2 is 1.68 bits per heavy atom. The lowest BCUT2D eigenvalue weighted by Crippen LogP contribution is -2.10. The van der Waals surface area contributed by atoms with Gasteiger partial charge in [-0.05, 0) is 41.0 Å². The van der Waals surface area contributed by atoms with Crippen LogP contribution in [0.4, 0.5) is 5.69 Å². The lowest BCUT2D eigenvalue weighted by Gasteiger charge is -2.16. The fourth-order valence-corrected chi connectivity index (χ4v) is 4.38. The molecule has 1 heterocycles. The topological polar surface area (TPSA) is 3.24 Å². The number of nitrogens with zero attached hydrogens (tertiary/aromatic N) is 1. The number of rotatable bonds is 1. The van der Waals surface area contributed by atoms with E-state index in [0.29, 0.717) is 0 Å². The normalized spacial score (nSPS) is 15.5. The van der Waals surface area contributed by atoms with Crippen LogP contribution in [-0.2, 0) is 0 Å². The fourth-order valence-electron chi connectivity index (χ4n) is 3.06. The maximum atomic E-state index is 2.31. The van der Waals surface area contributed by atoms with Gasteiger partial charge in [0.2, 0.25) is 0 Å². The van der Waals surface area contributed by atoms with Gasteiger partial charge in [-0.3, -0.25) is 0 Å². The van der Waals surface area contributed by atoms with Gasteiger partial charge in [0.1, 0.15) is 0 Å². The first-order valence-electron chi connectivity index (χ1n) is 7.45. The molecule has 3 aromatic carbocycles. The Balaban J connectivity index is 1.88. The van der Waals surface area contributed by atoms with Crippen LogP contribution >= 0.6 is 11.8 Å². The molecule has 0 N–H and O–H groups in total. The predicted molar refractivity (Wildman–Crippen MR) is 97.4 cm³/mol. The van der Waals surface area contributed by atoms with E-state index in [9.17, 15) is 0 Å². The number of anilines is 1. The van der Waals surface area contributed by atoms with E-state index in [1.807, 2.05) is 11.8 Å². The Kier molecular flexibility index (Phi) is 3.20. The first-order chi connectivity index (χ1) is 10.7. The molecule has 2 heteroatoms. The monoisotopic (exact) mass is 303 g/mol.